The molecule has 0 saturated heterocycles. The Hall–Kier alpha value is -3.75. The van der Waals surface area contributed by atoms with Gasteiger partial charge in [0, 0.05) is 17.5 Å². The fourth-order valence-electron chi connectivity index (χ4n) is 3.83. The maximum Gasteiger partial charge on any atom is 0.336 e. The fourth-order valence-corrected chi connectivity index (χ4v) is 5.12. The smallest absolute Gasteiger partial charge is 0.336 e. The number of benzene rings is 3. The molecular formula is C28H27NO6S. The van der Waals surface area contributed by atoms with Crippen molar-refractivity contribution >= 4 is 27.0 Å². The lowest BCUT2D eigenvalue weighted by molar-refractivity contribution is -0.137. The Morgan fingerprint density at radius 1 is 1.00 bits per heavy atom. The topological polar surface area (TPSA) is 103 Å². The summed E-state index contributed by atoms with van der Waals surface area (Å²) in [6.07, 6.45) is 0.545. The first kappa shape index (κ1) is 25.3. The first-order valence-corrected chi connectivity index (χ1v) is 13.1. The zero-order valence-corrected chi connectivity index (χ0v) is 21.0. The molecule has 0 saturated carbocycles. The van der Waals surface area contributed by atoms with Crippen LogP contribution in [0.2, 0.25) is 0 Å². The van der Waals surface area contributed by atoms with Gasteiger partial charge in [0.25, 0.3) is 0 Å². The summed E-state index contributed by atoms with van der Waals surface area (Å²) in [5.74, 6) is -0.939. The Labute approximate surface area is 209 Å². The zero-order chi connectivity index (χ0) is 25.9. The van der Waals surface area contributed by atoms with E-state index in [1.54, 1.807) is 31.2 Å². The van der Waals surface area contributed by atoms with Crippen molar-refractivity contribution in [1.29, 1.82) is 0 Å². The lowest BCUT2D eigenvalue weighted by Gasteiger charge is -2.22. The highest BCUT2D eigenvalue weighted by molar-refractivity contribution is 7.89. The lowest BCUT2D eigenvalue weighted by Crippen LogP contribution is -2.46. The Balaban J connectivity index is 1.63. The molecule has 0 spiro atoms. The average Bonchev–Trinajstić information content (AvgIpc) is 2.87. The molecule has 0 amide bonds. The highest BCUT2D eigenvalue weighted by Crippen LogP contribution is 2.30. The van der Waals surface area contributed by atoms with Crippen molar-refractivity contribution in [3.8, 4) is 16.9 Å². The van der Waals surface area contributed by atoms with Crippen LogP contribution in [0, 0.1) is 12.8 Å². The number of carbonyl (C=O) groups excluding carboxylic acids is 1. The summed E-state index contributed by atoms with van der Waals surface area (Å²) in [6, 6.07) is 20.8. The molecule has 4 rings (SSSR count). The molecule has 0 fully saturated rings. The van der Waals surface area contributed by atoms with Crippen molar-refractivity contribution in [3.05, 3.63) is 94.8 Å². The molecule has 186 valence electrons. The van der Waals surface area contributed by atoms with Crippen molar-refractivity contribution in [2.24, 2.45) is 5.92 Å². The van der Waals surface area contributed by atoms with Gasteiger partial charge in [-0.25, -0.2) is 18.0 Å². The number of carbonyl (C=O) groups is 1. The first-order valence-electron chi connectivity index (χ1n) is 11.6. The van der Waals surface area contributed by atoms with Crippen LogP contribution in [-0.4, -0.2) is 20.4 Å². The molecule has 0 unspecified atom stereocenters. The van der Waals surface area contributed by atoms with Crippen molar-refractivity contribution in [2.45, 2.75) is 38.1 Å². The molecule has 0 radical (unpaired) electrons. The Bertz CT molecular complexity index is 1540. The average molecular weight is 506 g/mol. The van der Waals surface area contributed by atoms with E-state index in [1.165, 1.54) is 24.3 Å². The first-order chi connectivity index (χ1) is 17.2. The third-order valence-electron chi connectivity index (χ3n) is 6.10. The Kier molecular flexibility index (Phi) is 7.37. The van der Waals surface area contributed by atoms with Gasteiger partial charge in [-0.2, -0.15) is 4.72 Å². The van der Waals surface area contributed by atoms with E-state index in [0.717, 1.165) is 11.1 Å². The predicted octanol–water partition coefficient (Wildman–Crippen LogP) is 5.07. The van der Waals surface area contributed by atoms with Gasteiger partial charge in [-0.3, -0.25) is 0 Å². The highest BCUT2D eigenvalue weighted by Gasteiger charge is 2.31. The number of ether oxygens (including phenoxy) is 1. The molecule has 8 heteroatoms. The van der Waals surface area contributed by atoms with E-state index in [0.29, 0.717) is 17.4 Å². The van der Waals surface area contributed by atoms with Gasteiger partial charge >= 0.3 is 11.6 Å². The van der Waals surface area contributed by atoms with Gasteiger partial charge in [-0.05, 0) is 48.2 Å². The van der Waals surface area contributed by atoms with E-state index in [-0.39, 0.29) is 22.1 Å². The summed E-state index contributed by atoms with van der Waals surface area (Å²) >= 11 is 0. The second kappa shape index (κ2) is 10.5. The molecule has 1 aromatic heterocycles. The number of sulfonamides is 1. The van der Waals surface area contributed by atoms with Crippen LogP contribution >= 0.6 is 0 Å². The van der Waals surface area contributed by atoms with Crippen LogP contribution in [0.5, 0.6) is 5.75 Å². The molecule has 36 heavy (non-hydrogen) atoms. The second-order valence-electron chi connectivity index (χ2n) is 8.72. The van der Waals surface area contributed by atoms with Crippen LogP contribution in [0.15, 0.2) is 93.0 Å². The molecule has 7 nitrogen and oxygen atoms in total. The van der Waals surface area contributed by atoms with E-state index in [9.17, 15) is 18.0 Å². The zero-order valence-electron chi connectivity index (χ0n) is 20.2. The summed E-state index contributed by atoms with van der Waals surface area (Å²) in [6.45, 7) is 5.49. The number of rotatable bonds is 8. The van der Waals surface area contributed by atoms with Gasteiger partial charge in [-0.1, -0.05) is 68.3 Å². The standard InChI is InChI=1S/C28H27NO6S/c1-4-19(3)27(29-36(32,33)22-13-10-18(2)11-14-22)28(31)34-21-12-15-23-24(20-8-6-5-7-9-20)17-26(30)35-25(23)16-21/h5-17,19,27,29H,4H2,1-3H3/t19-,27-/m0/s1. The molecule has 0 bridgehead atoms. The molecule has 4 aromatic rings. The van der Waals surface area contributed by atoms with Crippen molar-refractivity contribution in [1.82, 2.24) is 4.72 Å². The number of hydrogen-bond acceptors (Lipinski definition) is 6. The van der Waals surface area contributed by atoms with Crippen LogP contribution in [-0.2, 0) is 14.8 Å². The minimum absolute atomic E-state index is 0.0649. The SMILES string of the molecule is CC[C@H](C)[C@H](NS(=O)(=O)c1ccc(C)cc1)C(=O)Oc1ccc2c(-c3ccccc3)cc(=O)oc2c1. The van der Waals surface area contributed by atoms with Crippen molar-refractivity contribution < 1.29 is 22.4 Å². The molecule has 0 aliphatic heterocycles. The molecule has 1 N–H and O–H groups in total. The molecule has 1 heterocycles. The molecule has 0 aliphatic carbocycles. The highest BCUT2D eigenvalue weighted by atomic mass is 32.2. The predicted molar refractivity (Wildman–Crippen MR) is 138 cm³/mol. The minimum Gasteiger partial charge on any atom is -0.425 e. The maximum atomic E-state index is 13.1. The van der Waals surface area contributed by atoms with Gasteiger partial charge in [0.2, 0.25) is 10.0 Å². The van der Waals surface area contributed by atoms with Crippen LogP contribution in [0.1, 0.15) is 25.8 Å². The van der Waals surface area contributed by atoms with E-state index in [4.69, 9.17) is 9.15 Å². The van der Waals surface area contributed by atoms with Crippen LogP contribution in [0.25, 0.3) is 22.1 Å². The minimum atomic E-state index is -3.96. The third kappa shape index (κ3) is 5.56. The van der Waals surface area contributed by atoms with Gasteiger partial charge in [-0.15, -0.1) is 0 Å². The van der Waals surface area contributed by atoms with Crippen molar-refractivity contribution in [2.75, 3.05) is 0 Å². The fraction of sp³-hybridized carbons (Fsp3) is 0.214. The number of aryl methyl sites for hydroxylation is 1. The van der Waals surface area contributed by atoms with Gasteiger partial charge in [0.15, 0.2) is 0 Å². The normalized spacial score (nSPS) is 13.3. The van der Waals surface area contributed by atoms with Gasteiger partial charge in [0.05, 0.1) is 4.90 Å². The lowest BCUT2D eigenvalue weighted by atomic mass is 10.0. The van der Waals surface area contributed by atoms with E-state index in [1.807, 2.05) is 44.2 Å². The van der Waals surface area contributed by atoms with E-state index in [2.05, 4.69) is 4.72 Å². The number of hydrogen-bond donors (Lipinski definition) is 1. The Morgan fingerprint density at radius 3 is 2.36 bits per heavy atom. The number of nitrogens with one attached hydrogen (secondary N) is 1. The summed E-state index contributed by atoms with van der Waals surface area (Å²) in [5.41, 5.74) is 2.19. The second-order valence-corrected chi connectivity index (χ2v) is 10.4. The largest absolute Gasteiger partial charge is 0.425 e. The summed E-state index contributed by atoms with van der Waals surface area (Å²) in [4.78, 5) is 25.4. The van der Waals surface area contributed by atoms with Gasteiger partial charge < -0.3 is 9.15 Å². The monoisotopic (exact) mass is 505 g/mol. The maximum absolute atomic E-state index is 13.1. The van der Waals surface area contributed by atoms with Crippen LogP contribution in [0.4, 0.5) is 0 Å². The number of fused-ring (bicyclic) bond motifs is 1. The van der Waals surface area contributed by atoms with Gasteiger partial charge in [0.1, 0.15) is 17.4 Å². The van der Waals surface area contributed by atoms with Crippen LogP contribution in [0.3, 0.4) is 0 Å². The van der Waals surface area contributed by atoms with E-state index >= 15 is 0 Å². The summed E-state index contributed by atoms with van der Waals surface area (Å²) in [5, 5.41) is 0.680. The summed E-state index contributed by atoms with van der Waals surface area (Å²) < 4.78 is 39.3. The van der Waals surface area contributed by atoms with E-state index < -0.39 is 27.7 Å². The molecule has 3 aromatic carbocycles. The molecular weight excluding hydrogens is 478 g/mol. The van der Waals surface area contributed by atoms with Crippen LogP contribution < -0.4 is 15.1 Å². The number of esters is 1. The molecule has 0 aliphatic rings. The van der Waals surface area contributed by atoms with Crippen molar-refractivity contribution in [3.63, 3.8) is 0 Å². The third-order valence-corrected chi connectivity index (χ3v) is 7.56. The summed E-state index contributed by atoms with van der Waals surface area (Å²) in [7, 11) is -3.96. The Morgan fingerprint density at radius 2 is 1.69 bits per heavy atom. The quantitative estimate of drug-likeness (QED) is 0.204. The molecule has 2 atom stereocenters.